The van der Waals surface area contributed by atoms with E-state index < -0.39 is 0 Å². The van der Waals surface area contributed by atoms with Crippen molar-refractivity contribution in [3.8, 4) is 0 Å². The highest BCUT2D eigenvalue weighted by Crippen LogP contribution is 2.04. The Morgan fingerprint density at radius 1 is 1.38 bits per heavy atom. The molecule has 0 fully saturated rings. The number of aromatic nitrogens is 3. The number of nitrogens with one attached hydrogen (secondary N) is 1. The first kappa shape index (κ1) is 10.8. The molecule has 16 heavy (non-hydrogen) atoms. The third kappa shape index (κ3) is 2.29. The maximum absolute atomic E-state index is 5.05. The van der Waals surface area contributed by atoms with Gasteiger partial charge in [-0.25, -0.2) is 4.52 Å². The van der Waals surface area contributed by atoms with Crippen LogP contribution in [0.2, 0.25) is 0 Å². The number of fused-ring (bicyclic) bond motifs is 1. The fraction of sp³-hybridized carbons (Fsp3) is 0.400. The first-order valence-corrected chi connectivity index (χ1v) is 4.94. The largest absolute Gasteiger partial charge is 0.354 e. The van der Waals surface area contributed by atoms with Gasteiger partial charge in [-0.2, -0.15) is 4.98 Å². The molecule has 0 aromatic carbocycles. The van der Waals surface area contributed by atoms with Crippen LogP contribution in [-0.4, -0.2) is 41.7 Å². The van der Waals surface area contributed by atoms with Gasteiger partial charge in [-0.05, 0) is 12.1 Å². The van der Waals surface area contributed by atoms with Crippen LogP contribution < -0.4 is 5.32 Å². The maximum Gasteiger partial charge on any atom is 0.243 e. The topological polar surface area (TPSA) is 60.7 Å². The van der Waals surface area contributed by atoms with Crippen LogP contribution in [0.3, 0.4) is 0 Å². The van der Waals surface area contributed by atoms with E-state index in [0.29, 0.717) is 12.5 Å². The monoisotopic (exact) mass is 222 g/mol. The van der Waals surface area contributed by atoms with E-state index in [1.165, 1.54) is 0 Å². The molecule has 0 saturated heterocycles. The van der Waals surface area contributed by atoms with E-state index in [2.05, 4.69) is 15.4 Å². The zero-order valence-electron chi connectivity index (χ0n) is 9.25. The average molecular weight is 222 g/mol. The predicted octanol–water partition coefficient (Wildman–Crippen LogP) is 0.760. The highest BCUT2D eigenvalue weighted by Gasteiger charge is 2.07. The molecule has 0 aliphatic heterocycles. The number of methoxy groups -OCH3 is 2. The smallest absolute Gasteiger partial charge is 0.243 e. The van der Waals surface area contributed by atoms with Gasteiger partial charge in [0.1, 0.15) is 0 Å². The summed E-state index contributed by atoms with van der Waals surface area (Å²) in [5.41, 5.74) is 0.802. The second-order valence-corrected chi connectivity index (χ2v) is 3.22. The summed E-state index contributed by atoms with van der Waals surface area (Å²) in [5.74, 6) is 0.560. The third-order valence-corrected chi connectivity index (χ3v) is 2.19. The van der Waals surface area contributed by atoms with E-state index in [4.69, 9.17) is 9.47 Å². The summed E-state index contributed by atoms with van der Waals surface area (Å²) >= 11 is 0. The summed E-state index contributed by atoms with van der Waals surface area (Å²) in [7, 11) is 3.18. The molecule has 0 saturated carbocycles. The van der Waals surface area contributed by atoms with Gasteiger partial charge in [0.25, 0.3) is 0 Å². The summed E-state index contributed by atoms with van der Waals surface area (Å²) in [4.78, 5) is 4.28. The van der Waals surface area contributed by atoms with Crippen molar-refractivity contribution in [1.29, 1.82) is 0 Å². The normalized spacial score (nSPS) is 11.2. The second kappa shape index (κ2) is 4.91. The summed E-state index contributed by atoms with van der Waals surface area (Å²) in [6, 6.07) is 5.71. The van der Waals surface area contributed by atoms with Gasteiger partial charge in [0.15, 0.2) is 11.9 Å². The quantitative estimate of drug-likeness (QED) is 0.757. The molecule has 2 rings (SSSR count). The molecule has 2 aromatic heterocycles. The van der Waals surface area contributed by atoms with Crippen LogP contribution in [-0.2, 0) is 9.47 Å². The van der Waals surface area contributed by atoms with Crippen molar-refractivity contribution in [2.45, 2.75) is 6.29 Å². The van der Waals surface area contributed by atoms with Crippen molar-refractivity contribution in [2.75, 3.05) is 26.1 Å². The van der Waals surface area contributed by atoms with E-state index in [0.717, 1.165) is 5.65 Å². The number of rotatable bonds is 5. The Kier molecular flexibility index (Phi) is 3.33. The number of hydrogen-bond acceptors (Lipinski definition) is 5. The lowest BCUT2D eigenvalue weighted by atomic mass is 10.5. The minimum atomic E-state index is -0.299. The van der Waals surface area contributed by atoms with E-state index in [-0.39, 0.29) is 6.29 Å². The van der Waals surface area contributed by atoms with Gasteiger partial charge in [-0.3, -0.25) is 0 Å². The summed E-state index contributed by atoms with van der Waals surface area (Å²) in [6.45, 7) is 0.504. The second-order valence-electron chi connectivity index (χ2n) is 3.22. The van der Waals surface area contributed by atoms with Crippen LogP contribution in [0, 0.1) is 0 Å². The van der Waals surface area contributed by atoms with Gasteiger partial charge < -0.3 is 14.8 Å². The van der Waals surface area contributed by atoms with Crippen LogP contribution in [0.1, 0.15) is 0 Å². The van der Waals surface area contributed by atoms with Crippen molar-refractivity contribution in [3.63, 3.8) is 0 Å². The Morgan fingerprint density at radius 2 is 2.19 bits per heavy atom. The molecular formula is C10H14N4O2. The minimum Gasteiger partial charge on any atom is -0.354 e. The molecule has 0 radical (unpaired) electrons. The molecule has 1 N–H and O–H groups in total. The lowest BCUT2D eigenvalue weighted by Gasteiger charge is -2.12. The summed E-state index contributed by atoms with van der Waals surface area (Å²) in [6.07, 6.45) is 1.55. The molecule has 0 aliphatic rings. The third-order valence-electron chi connectivity index (χ3n) is 2.19. The molecule has 86 valence electrons. The van der Waals surface area contributed by atoms with Gasteiger partial charge in [0, 0.05) is 20.4 Å². The fourth-order valence-electron chi connectivity index (χ4n) is 1.34. The Bertz CT molecular complexity index is 420. The van der Waals surface area contributed by atoms with Crippen molar-refractivity contribution < 1.29 is 9.47 Å². The van der Waals surface area contributed by atoms with Gasteiger partial charge >= 0.3 is 0 Å². The number of nitrogens with zero attached hydrogens (tertiary/aromatic N) is 3. The molecule has 0 bridgehead atoms. The lowest BCUT2D eigenvalue weighted by Crippen LogP contribution is -2.24. The van der Waals surface area contributed by atoms with Gasteiger partial charge in [-0.15, -0.1) is 5.10 Å². The Labute approximate surface area is 93.2 Å². The minimum absolute atomic E-state index is 0.299. The molecule has 0 spiro atoms. The zero-order chi connectivity index (χ0) is 11.4. The molecule has 2 heterocycles. The van der Waals surface area contributed by atoms with Gasteiger partial charge in [-0.1, -0.05) is 6.07 Å². The lowest BCUT2D eigenvalue weighted by molar-refractivity contribution is -0.0914. The number of hydrogen-bond donors (Lipinski definition) is 1. The molecule has 0 amide bonds. The van der Waals surface area contributed by atoms with Crippen molar-refractivity contribution in [1.82, 2.24) is 14.6 Å². The van der Waals surface area contributed by atoms with Crippen LogP contribution in [0.5, 0.6) is 0 Å². The summed E-state index contributed by atoms with van der Waals surface area (Å²) < 4.78 is 11.8. The molecule has 2 aromatic rings. The van der Waals surface area contributed by atoms with E-state index in [1.807, 2.05) is 24.4 Å². The van der Waals surface area contributed by atoms with Crippen molar-refractivity contribution in [2.24, 2.45) is 0 Å². The predicted molar refractivity (Wildman–Crippen MR) is 59.3 cm³/mol. The number of ether oxygens (including phenoxy) is 2. The molecule has 6 nitrogen and oxygen atoms in total. The summed E-state index contributed by atoms with van der Waals surface area (Å²) in [5, 5.41) is 7.28. The van der Waals surface area contributed by atoms with Crippen LogP contribution in [0.15, 0.2) is 24.4 Å². The van der Waals surface area contributed by atoms with Crippen molar-refractivity contribution >= 4 is 11.6 Å². The molecule has 0 atom stereocenters. The van der Waals surface area contributed by atoms with Crippen LogP contribution >= 0.6 is 0 Å². The Morgan fingerprint density at radius 3 is 2.88 bits per heavy atom. The molecule has 6 heteroatoms. The van der Waals surface area contributed by atoms with Gasteiger partial charge in [0.2, 0.25) is 5.95 Å². The first-order valence-electron chi connectivity index (χ1n) is 4.94. The van der Waals surface area contributed by atoms with Gasteiger partial charge in [0.05, 0.1) is 6.54 Å². The van der Waals surface area contributed by atoms with Crippen LogP contribution in [0.25, 0.3) is 5.65 Å². The SMILES string of the molecule is COC(CNc1nc2ccccn2n1)OC. The van der Waals surface area contributed by atoms with E-state index >= 15 is 0 Å². The molecular weight excluding hydrogens is 208 g/mol. The molecule has 0 unspecified atom stereocenters. The number of pyridine rings is 1. The Hall–Kier alpha value is -1.66. The Balaban J connectivity index is 2.04. The van der Waals surface area contributed by atoms with Crippen LogP contribution in [0.4, 0.5) is 5.95 Å². The molecule has 0 aliphatic carbocycles. The van der Waals surface area contributed by atoms with Crippen molar-refractivity contribution in [3.05, 3.63) is 24.4 Å². The first-order chi connectivity index (χ1) is 7.83. The average Bonchev–Trinajstić information content (AvgIpc) is 2.73. The standard InChI is InChI=1S/C10H14N4O2/c1-15-9(16-2)7-11-10-12-8-5-3-4-6-14(8)13-10/h3-6,9H,7H2,1-2H3,(H,11,13). The highest BCUT2D eigenvalue weighted by atomic mass is 16.7. The highest BCUT2D eigenvalue weighted by molar-refractivity contribution is 5.42. The maximum atomic E-state index is 5.05. The number of anilines is 1. The van der Waals surface area contributed by atoms with E-state index in [1.54, 1.807) is 18.7 Å². The van der Waals surface area contributed by atoms with E-state index in [9.17, 15) is 0 Å². The fourth-order valence-corrected chi connectivity index (χ4v) is 1.34. The zero-order valence-corrected chi connectivity index (χ0v) is 9.25.